The fourth-order valence-electron chi connectivity index (χ4n) is 17.4. The smallest absolute Gasteiger partial charge is 0.303 e. The second-order valence-corrected chi connectivity index (χ2v) is 28.2. The van der Waals surface area contributed by atoms with Gasteiger partial charge in [-0.3, -0.25) is 9.59 Å². The molecule has 30 nitrogen and oxygen atoms in total. The summed E-state index contributed by atoms with van der Waals surface area (Å²) in [5, 5.41) is 118. The molecule has 6 saturated heterocycles. The molecular weight excluding hydrogens is 1250 g/mol. The maximum absolute atomic E-state index is 12.3. The van der Waals surface area contributed by atoms with E-state index in [1.165, 1.54) is 33.6 Å². The minimum Gasteiger partial charge on any atom is -0.457 e. The number of allylic oxidation sites excluding steroid dienone is 1. The SMILES string of the molecule is CO[C@H]1[C@@H](OC(C)=O)[C@@H](C)O[C@@H](O[C@H]2[C@@H](OC)C[C@H](O[C@H]3CCC4(C)C(=CCC5C4CCC4(C)C5CCC4[C@@H](C)O[C@@H]4O[C@H](C)[C@H](O)[C@H](OC)[C@H]4O[C@@H]4O[C@H](CO[C@@H]5O[C@H](CO[C@@H]6O[C@H](CO)[C@@H](O)[C@H](O)[C@H]6O)[C@@H](O)[C@H](O)[C@H]5O)[C@@H](O)[C@H](O)[C@H]4O)C3)O[C@@H]2C)[C@@H]1OC(C)=O. The number of fused-ring (bicyclic) bond motifs is 5. The number of aliphatic hydroxyl groups excluding tert-OH is 11. The third-order valence-electron chi connectivity index (χ3n) is 22.6. The maximum Gasteiger partial charge on any atom is 0.303 e. The van der Waals surface area contributed by atoms with Gasteiger partial charge in [-0.05, 0) is 114 Å². The molecule has 37 atom stereocenters. The molecule has 540 valence electrons. The summed E-state index contributed by atoms with van der Waals surface area (Å²) in [6.45, 7) is 12.6. The first-order valence-electron chi connectivity index (χ1n) is 33.4. The maximum atomic E-state index is 12.3. The van der Waals surface area contributed by atoms with Crippen molar-refractivity contribution in [3.05, 3.63) is 11.6 Å². The Labute approximate surface area is 547 Å². The van der Waals surface area contributed by atoms with Crippen LogP contribution in [0.4, 0.5) is 0 Å². The molecule has 3 saturated carbocycles. The van der Waals surface area contributed by atoms with Crippen molar-refractivity contribution < 1.29 is 146 Å². The topological polar surface area (TPSA) is 414 Å². The summed E-state index contributed by atoms with van der Waals surface area (Å²) in [4.78, 5) is 24.4. The number of methoxy groups -OCH3 is 3. The minimum absolute atomic E-state index is 0.0334. The summed E-state index contributed by atoms with van der Waals surface area (Å²) < 4.78 is 103. The molecule has 6 unspecified atom stereocenters. The number of carbonyl (C=O) groups is 2. The highest BCUT2D eigenvalue weighted by molar-refractivity contribution is 5.67. The van der Waals surface area contributed by atoms with Gasteiger partial charge in [-0.15, -0.1) is 0 Å². The van der Waals surface area contributed by atoms with Gasteiger partial charge < -0.3 is 137 Å². The molecule has 9 fully saturated rings. The monoisotopic (exact) mass is 1350 g/mol. The molecule has 10 rings (SSSR count). The lowest BCUT2D eigenvalue weighted by molar-refractivity contribution is -0.377. The molecule has 0 radical (unpaired) electrons. The van der Waals surface area contributed by atoms with Crippen LogP contribution in [0.15, 0.2) is 11.6 Å². The second-order valence-electron chi connectivity index (χ2n) is 28.2. The first kappa shape index (κ1) is 74.3. The van der Waals surface area contributed by atoms with Gasteiger partial charge >= 0.3 is 11.9 Å². The standard InChI is InChI=1S/C64H104O30/c1-25(84-61-56(54(79-10)42(68)26(2)85-61)94-60-51(77)48(74)45(71)40(92-60)24-82-59-50(76)47(73)44(70)39(91-59)23-81-58-49(75)46(72)43(69)38(22-65)90-58)34-14-15-35-33-13-12-31-20-32(16-18-63(31,7)36(33)17-19-64(34,35)8)89-41-21-37(78-9)52(27(3)83-41)93-62-57(88-30(6)67)55(80-11)53(28(4)86-62)87-29(5)66/h12,25-28,32-62,65,68-77H,13-24H2,1-11H3/t25-,26-,27-,28-,32+,33?,34?,35?,36?,37+,38-,39-,40-,41+,42+,43-,44-,45-,46+,47+,48+,49-,50-,51-,52-,53+,54+,55+,56-,57-,58-,59-,60+,61-,62+,63?,64?/m1/s1. The first-order valence-corrected chi connectivity index (χ1v) is 33.4. The van der Waals surface area contributed by atoms with Gasteiger partial charge in [-0.1, -0.05) is 25.5 Å². The van der Waals surface area contributed by atoms with Crippen LogP contribution in [0.1, 0.15) is 113 Å². The van der Waals surface area contributed by atoms with E-state index in [9.17, 15) is 65.8 Å². The van der Waals surface area contributed by atoms with E-state index >= 15 is 0 Å². The normalized spacial score (nSPS) is 50.9. The summed E-state index contributed by atoms with van der Waals surface area (Å²) >= 11 is 0. The Hall–Kier alpha value is -2.36. The van der Waals surface area contributed by atoms with Gasteiger partial charge in [-0.2, -0.15) is 0 Å². The van der Waals surface area contributed by atoms with Gasteiger partial charge in [0.05, 0.1) is 56.4 Å². The van der Waals surface area contributed by atoms with E-state index in [0.717, 1.165) is 51.4 Å². The van der Waals surface area contributed by atoms with Crippen molar-refractivity contribution in [1.82, 2.24) is 0 Å². The number of hydrogen-bond donors (Lipinski definition) is 11. The Morgan fingerprint density at radius 1 is 0.543 bits per heavy atom. The average Bonchev–Trinajstić information content (AvgIpc) is 1.42. The van der Waals surface area contributed by atoms with Crippen molar-refractivity contribution in [3.8, 4) is 0 Å². The van der Waals surface area contributed by atoms with E-state index < -0.39 is 216 Å². The Morgan fingerprint density at radius 2 is 1.10 bits per heavy atom. The minimum atomic E-state index is -1.90. The van der Waals surface area contributed by atoms with Crippen molar-refractivity contribution >= 4 is 11.9 Å². The van der Waals surface area contributed by atoms with E-state index in [1.807, 2.05) is 13.8 Å². The van der Waals surface area contributed by atoms with E-state index in [2.05, 4.69) is 19.9 Å². The molecule has 11 N–H and O–H groups in total. The van der Waals surface area contributed by atoms with Crippen LogP contribution in [0.25, 0.3) is 0 Å². The zero-order valence-corrected chi connectivity index (χ0v) is 55.4. The molecule has 0 aromatic heterocycles. The van der Waals surface area contributed by atoms with Crippen LogP contribution in [0, 0.1) is 34.5 Å². The van der Waals surface area contributed by atoms with Crippen LogP contribution < -0.4 is 0 Å². The predicted molar refractivity (Wildman–Crippen MR) is 317 cm³/mol. The number of hydrogen-bond acceptors (Lipinski definition) is 30. The molecule has 4 aliphatic carbocycles. The summed E-state index contributed by atoms with van der Waals surface area (Å²) in [6, 6.07) is 0. The lowest BCUT2D eigenvalue weighted by Gasteiger charge is -2.58. The summed E-state index contributed by atoms with van der Waals surface area (Å²) in [5.74, 6) is 0.220. The van der Waals surface area contributed by atoms with Gasteiger partial charge in [0.15, 0.2) is 49.9 Å². The molecule has 6 aliphatic heterocycles. The molecule has 6 heterocycles. The molecular formula is C64H104O30. The largest absolute Gasteiger partial charge is 0.457 e. The van der Waals surface area contributed by atoms with Crippen LogP contribution in [0.5, 0.6) is 0 Å². The van der Waals surface area contributed by atoms with E-state index in [-0.39, 0.29) is 22.9 Å². The number of esters is 2. The lowest BCUT2D eigenvalue weighted by atomic mass is 9.47. The molecule has 0 bridgehead atoms. The van der Waals surface area contributed by atoms with Gasteiger partial charge in [-0.25, -0.2) is 0 Å². The summed E-state index contributed by atoms with van der Waals surface area (Å²) in [5.41, 5.74) is 1.26. The third-order valence-corrected chi connectivity index (χ3v) is 22.6. The van der Waals surface area contributed by atoms with Crippen molar-refractivity contribution in [3.63, 3.8) is 0 Å². The van der Waals surface area contributed by atoms with Gasteiger partial charge in [0.1, 0.15) is 104 Å². The predicted octanol–water partition coefficient (Wildman–Crippen LogP) is -1.53. The highest BCUT2D eigenvalue weighted by atomic mass is 16.8. The van der Waals surface area contributed by atoms with Gasteiger partial charge in [0, 0.05) is 41.6 Å². The fraction of sp³-hybridized carbons (Fsp3) is 0.938. The molecule has 0 aromatic carbocycles. The van der Waals surface area contributed by atoms with Crippen molar-refractivity contribution in [2.75, 3.05) is 41.2 Å². The molecule has 10 aliphatic rings. The Balaban J connectivity index is 0.747. The van der Waals surface area contributed by atoms with Gasteiger partial charge in [0.25, 0.3) is 0 Å². The zero-order chi connectivity index (χ0) is 68.2. The van der Waals surface area contributed by atoms with Crippen molar-refractivity contribution in [1.29, 1.82) is 0 Å². The zero-order valence-electron chi connectivity index (χ0n) is 55.4. The van der Waals surface area contributed by atoms with Crippen LogP contribution in [-0.4, -0.2) is 300 Å². The number of rotatable bonds is 21. The third kappa shape index (κ3) is 14.9. The van der Waals surface area contributed by atoms with Gasteiger partial charge in [0.2, 0.25) is 0 Å². The van der Waals surface area contributed by atoms with Crippen LogP contribution in [0.3, 0.4) is 0 Å². The molecule has 0 amide bonds. The van der Waals surface area contributed by atoms with Crippen molar-refractivity contribution in [2.45, 2.75) is 304 Å². The lowest BCUT2D eigenvalue weighted by Crippen LogP contribution is -2.65. The number of aliphatic hydroxyl groups is 11. The number of carbonyl (C=O) groups excluding carboxylic acids is 2. The Morgan fingerprint density at radius 3 is 1.69 bits per heavy atom. The van der Waals surface area contributed by atoms with Crippen LogP contribution in [0.2, 0.25) is 0 Å². The molecule has 30 heteroatoms. The van der Waals surface area contributed by atoms with E-state index in [1.54, 1.807) is 21.0 Å². The van der Waals surface area contributed by atoms with Crippen molar-refractivity contribution in [2.24, 2.45) is 34.5 Å². The first-order chi connectivity index (χ1) is 44.6. The highest BCUT2D eigenvalue weighted by Gasteiger charge is 2.62. The van der Waals surface area contributed by atoms with Crippen LogP contribution >= 0.6 is 0 Å². The molecule has 0 spiro atoms. The average molecular weight is 1350 g/mol. The highest BCUT2D eigenvalue weighted by Crippen LogP contribution is 2.67. The van der Waals surface area contributed by atoms with E-state index in [0.29, 0.717) is 24.2 Å². The Kier molecular flexibility index (Phi) is 24.4. The Bertz CT molecular complexity index is 2520. The fourth-order valence-corrected chi connectivity index (χ4v) is 17.4. The van der Waals surface area contributed by atoms with Crippen LogP contribution in [-0.2, 0) is 90.1 Å². The molecule has 0 aromatic rings. The second kappa shape index (κ2) is 30.9. The number of ether oxygens (including phenoxy) is 17. The quantitative estimate of drug-likeness (QED) is 0.0459. The van der Waals surface area contributed by atoms with E-state index in [4.69, 9.17) is 80.5 Å². The summed E-state index contributed by atoms with van der Waals surface area (Å²) in [6.07, 6.45) is -28.5. The summed E-state index contributed by atoms with van der Waals surface area (Å²) in [7, 11) is 4.42. The molecule has 94 heavy (non-hydrogen) atoms.